The Morgan fingerprint density at radius 1 is 1.25 bits per heavy atom. The first-order chi connectivity index (χ1) is 7.84. The molecular weight excluding hydrogens is 198 g/mol. The van der Waals surface area contributed by atoms with Crippen molar-refractivity contribution < 1.29 is 4.79 Å². The minimum absolute atomic E-state index is 0.0488. The van der Waals surface area contributed by atoms with E-state index in [9.17, 15) is 4.79 Å². The SMILES string of the molecule is CCCCC/C=C/NC(=O)c1ccccc1. The van der Waals surface area contributed by atoms with Gasteiger partial charge in [0.25, 0.3) is 5.91 Å². The van der Waals surface area contributed by atoms with Crippen LogP contribution < -0.4 is 5.32 Å². The van der Waals surface area contributed by atoms with Crippen LogP contribution in [0.3, 0.4) is 0 Å². The Labute approximate surface area is 97.4 Å². The summed E-state index contributed by atoms with van der Waals surface area (Å²) in [6.45, 7) is 2.18. The molecule has 1 N–H and O–H groups in total. The van der Waals surface area contributed by atoms with Crippen LogP contribution in [0.2, 0.25) is 0 Å². The third kappa shape index (κ3) is 4.78. The highest BCUT2D eigenvalue weighted by Gasteiger charge is 1.99. The molecule has 0 saturated carbocycles. The van der Waals surface area contributed by atoms with Gasteiger partial charge in [0.1, 0.15) is 0 Å². The van der Waals surface area contributed by atoms with Crippen molar-refractivity contribution in [2.24, 2.45) is 0 Å². The van der Waals surface area contributed by atoms with E-state index in [1.807, 2.05) is 24.3 Å². The highest BCUT2D eigenvalue weighted by Crippen LogP contribution is 2.00. The topological polar surface area (TPSA) is 29.1 Å². The fourth-order valence-electron chi connectivity index (χ4n) is 1.40. The minimum Gasteiger partial charge on any atom is -0.329 e. The van der Waals surface area contributed by atoms with Gasteiger partial charge < -0.3 is 5.32 Å². The largest absolute Gasteiger partial charge is 0.329 e. The van der Waals surface area contributed by atoms with Gasteiger partial charge in [0.05, 0.1) is 0 Å². The molecule has 0 atom stereocenters. The molecule has 0 aliphatic heterocycles. The minimum atomic E-state index is -0.0488. The van der Waals surface area contributed by atoms with Gasteiger partial charge in [-0.1, -0.05) is 44.0 Å². The van der Waals surface area contributed by atoms with Crippen molar-refractivity contribution >= 4 is 5.91 Å². The predicted octanol–water partition coefficient (Wildman–Crippen LogP) is 3.51. The van der Waals surface area contributed by atoms with E-state index in [2.05, 4.69) is 12.2 Å². The monoisotopic (exact) mass is 217 g/mol. The van der Waals surface area contributed by atoms with E-state index >= 15 is 0 Å². The summed E-state index contributed by atoms with van der Waals surface area (Å²) >= 11 is 0. The molecule has 1 amide bonds. The van der Waals surface area contributed by atoms with Gasteiger partial charge in [-0.05, 0) is 25.0 Å². The third-order valence-electron chi connectivity index (χ3n) is 2.34. The lowest BCUT2D eigenvalue weighted by atomic mass is 10.2. The molecule has 0 unspecified atom stereocenters. The van der Waals surface area contributed by atoms with Crippen molar-refractivity contribution in [1.82, 2.24) is 5.32 Å². The van der Waals surface area contributed by atoms with Crippen LogP contribution in [0.25, 0.3) is 0 Å². The third-order valence-corrected chi connectivity index (χ3v) is 2.34. The zero-order chi connectivity index (χ0) is 11.6. The molecule has 0 aromatic heterocycles. The molecule has 1 aromatic carbocycles. The van der Waals surface area contributed by atoms with Gasteiger partial charge in [-0.15, -0.1) is 0 Å². The standard InChI is InChI=1S/C14H19NO/c1-2-3-4-5-9-12-15-14(16)13-10-7-6-8-11-13/h6-12H,2-5H2,1H3,(H,15,16)/b12-9+. The molecule has 86 valence electrons. The number of carbonyl (C=O) groups is 1. The van der Waals surface area contributed by atoms with Gasteiger partial charge in [0.15, 0.2) is 0 Å². The van der Waals surface area contributed by atoms with Crippen molar-refractivity contribution in [1.29, 1.82) is 0 Å². The molecule has 16 heavy (non-hydrogen) atoms. The number of rotatable bonds is 6. The number of amides is 1. The molecule has 0 fully saturated rings. The Morgan fingerprint density at radius 2 is 2.00 bits per heavy atom. The smallest absolute Gasteiger partial charge is 0.255 e. The van der Waals surface area contributed by atoms with E-state index in [0.29, 0.717) is 5.56 Å². The van der Waals surface area contributed by atoms with Crippen LogP contribution in [0.5, 0.6) is 0 Å². The van der Waals surface area contributed by atoms with Crippen LogP contribution in [-0.4, -0.2) is 5.91 Å². The summed E-state index contributed by atoms with van der Waals surface area (Å²) in [7, 11) is 0. The molecule has 0 aliphatic carbocycles. The first-order valence-corrected chi connectivity index (χ1v) is 5.85. The molecular formula is C14H19NO. The van der Waals surface area contributed by atoms with E-state index in [-0.39, 0.29) is 5.91 Å². The Balaban J connectivity index is 2.25. The summed E-state index contributed by atoms with van der Waals surface area (Å²) in [6, 6.07) is 9.23. The predicted molar refractivity (Wildman–Crippen MR) is 67.2 cm³/mol. The Kier molecular flexibility index (Phi) is 6.00. The van der Waals surface area contributed by atoms with Gasteiger partial charge >= 0.3 is 0 Å². The van der Waals surface area contributed by atoms with Gasteiger partial charge in [-0.25, -0.2) is 0 Å². The molecule has 0 spiro atoms. The Hall–Kier alpha value is -1.57. The lowest BCUT2D eigenvalue weighted by molar-refractivity contribution is 0.0970. The van der Waals surface area contributed by atoms with Gasteiger partial charge in [-0.3, -0.25) is 4.79 Å². The average molecular weight is 217 g/mol. The van der Waals surface area contributed by atoms with E-state index in [1.165, 1.54) is 19.3 Å². The zero-order valence-electron chi connectivity index (χ0n) is 9.78. The van der Waals surface area contributed by atoms with Crippen LogP contribution in [0, 0.1) is 0 Å². The number of benzene rings is 1. The van der Waals surface area contributed by atoms with Crippen LogP contribution in [0.4, 0.5) is 0 Å². The first-order valence-electron chi connectivity index (χ1n) is 5.85. The molecule has 0 saturated heterocycles. The second kappa shape index (κ2) is 7.69. The highest BCUT2D eigenvalue weighted by atomic mass is 16.1. The quantitative estimate of drug-likeness (QED) is 0.726. The maximum Gasteiger partial charge on any atom is 0.255 e. The number of carbonyl (C=O) groups excluding carboxylic acids is 1. The van der Waals surface area contributed by atoms with E-state index in [4.69, 9.17) is 0 Å². The Morgan fingerprint density at radius 3 is 2.69 bits per heavy atom. The summed E-state index contributed by atoms with van der Waals surface area (Å²) in [5, 5.41) is 2.76. The van der Waals surface area contributed by atoms with Gasteiger partial charge in [-0.2, -0.15) is 0 Å². The van der Waals surface area contributed by atoms with Crippen LogP contribution in [0.1, 0.15) is 43.0 Å². The fourth-order valence-corrected chi connectivity index (χ4v) is 1.40. The molecule has 0 heterocycles. The molecule has 1 rings (SSSR count). The van der Waals surface area contributed by atoms with Gasteiger partial charge in [0.2, 0.25) is 0 Å². The van der Waals surface area contributed by atoms with Crippen molar-refractivity contribution in [3.05, 3.63) is 48.2 Å². The van der Waals surface area contributed by atoms with Crippen LogP contribution >= 0.6 is 0 Å². The molecule has 2 heteroatoms. The summed E-state index contributed by atoms with van der Waals surface area (Å²) < 4.78 is 0. The summed E-state index contributed by atoms with van der Waals surface area (Å²) in [6.07, 6.45) is 8.44. The van der Waals surface area contributed by atoms with Crippen molar-refractivity contribution in [2.75, 3.05) is 0 Å². The molecule has 0 radical (unpaired) electrons. The van der Waals surface area contributed by atoms with E-state index < -0.39 is 0 Å². The zero-order valence-corrected chi connectivity index (χ0v) is 9.78. The lowest BCUT2D eigenvalue weighted by Gasteiger charge is -1.99. The number of nitrogens with one attached hydrogen (secondary N) is 1. The summed E-state index contributed by atoms with van der Waals surface area (Å²) in [5.74, 6) is -0.0488. The van der Waals surface area contributed by atoms with E-state index in [1.54, 1.807) is 18.3 Å². The lowest BCUT2D eigenvalue weighted by Crippen LogP contribution is -2.16. The van der Waals surface area contributed by atoms with Crippen molar-refractivity contribution in [3.63, 3.8) is 0 Å². The second-order valence-electron chi connectivity index (χ2n) is 3.74. The van der Waals surface area contributed by atoms with Crippen molar-refractivity contribution in [2.45, 2.75) is 32.6 Å². The maximum absolute atomic E-state index is 11.6. The maximum atomic E-state index is 11.6. The number of allylic oxidation sites excluding steroid dienone is 1. The molecule has 1 aromatic rings. The fraction of sp³-hybridized carbons (Fsp3) is 0.357. The normalized spacial score (nSPS) is 10.6. The van der Waals surface area contributed by atoms with Crippen LogP contribution in [-0.2, 0) is 0 Å². The summed E-state index contributed by atoms with van der Waals surface area (Å²) in [4.78, 5) is 11.6. The summed E-state index contributed by atoms with van der Waals surface area (Å²) in [5.41, 5.74) is 0.695. The van der Waals surface area contributed by atoms with E-state index in [0.717, 1.165) is 6.42 Å². The van der Waals surface area contributed by atoms with Gasteiger partial charge in [0, 0.05) is 11.8 Å². The highest BCUT2D eigenvalue weighted by molar-refractivity contribution is 5.94. The second-order valence-corrected chi connectivity index (χ2v) is 3.74. The molecule has 0 bridgehead atoms. The number of hydrogen-bond acceptors (Lipinski definition) is 1. The number of hydrogen-bond donors (Lipinski definition) is 1. The first kappa shape index (κ1) is 12.5. The average Bonchev–Trinajstić information content (AvgIpc) is 2.34. The number of unbranched alkanes of at least 4 members (excludes halogenated alkanes) is 3. The van der Waals surface area contributed by atoms with Crippen LogP contribution in [0.15, 0.2) is 42.6 Å². The van der Waals surface area contributed by atoms with Crippen molar-refractivity contribution in [3.8, 4) is 0 Å². The Bertz CT molecular complexity index is 330. The molecule has 0 aliphatic rings. The molecule has 2 nitrogen and oxygen atoms in total.